The minimum atomic E-state index is -1.58. The minimum absolute atomic E-state index is 0.0148. The Morgan fingerprint density at radius 1 is 1.03 bits per heavy atom. The highest BCUT2D eigenvalue weighted by atomic mass is 16.4. The normalized spacial score (nSPS) is 16.2. The average molecular weight is 549 g/mol. The van der Waals surface area contributed by atoms with Crippen molar-refractivity contribution in [1.29, 1.82) is 0 Å². The minimum Gasteiger partial charge on any atom is -0.481 e. The van der Waals surface area contributed by atoms with E-state index in [9.17, 15) is 43.5 Å². The molecule has 1 aliphatic rings. The number of hydrogen-bond donors (Lipinski definition) is 6. The predicted octanol–water partition coefficient (Wildman–Crippen LogP) is -3.02. The van der Waals surface area contributed by atoms with Crippen LogP contribution in [0.15, 0.2) is 24.3 Å². The lowest BCUT2D eigenvalue weighted by Crippen LogP contribution is -2.58. The first kappa shape index (κ1) is 30.4. The highest BCUT2D eigenvalue weighted by Crippen LogP contribution is 2.32. The lowest BCUT2D eigenvalue weighted by Gasteiger charge is -2.26. The number of fused-ring (bicyclic) bond motifs is 1. The Labute approximate surface area is 220 Å². The SMILES string of the molecule is CC(=O)NC(CC(=O)O)C(=O)N[C@H]1CN(C(=O)CO)c2ccccc2N(CC(=O)N[C@H](C=O)CC(=O)O)C1=O. The van der Waals surface area contributed by atoms with E-state index in [1.165, 1.54) is 24.3 Å². The van der Waals surface area contributed by atoms with E-state index in [0.29, 0.717) is 0 Å². The van der Waals surface area contributed by atoms with Gasteiger partial charge in [0.25, 0.3) is 11.8 Å². The average Bonchev–Trinajstić information content (AvgIpc) is 2.97. The number of benzene rings is 1. The zero-order chi connectivity index (χ0) is 29.3. The predicted molar refractivity (Wildman–Crippen MR) is 130 cm³/mol. The van der Waals surface area contributed by atoms with Crippen LogP contribution < -0.4 is 25.8 Å². The lowest BCUT2D eigenvalue weighted by molar-refractivity contribution is -0.141. The maximum Gasteiger partial charge on any atom is 0.305 e. The summed E-state index contributed by atoms with van der Waals surface area (Å²) >= 11 is 0. The summed E-state index contributed by atoms with van der Waals surface area (Å²) in [6.45, 7) is -1.23. The number of aliphatic hydroxyl groups excluding tert-OH is 1. The van der Waals surface area contributed by atoms with Gasteiger partial charge in [-0.1, -0.05) is 12.1 Å². The van der Waals surface area contributed by atoms with Gasteiger partial charge in [-0.25, -0.2) is 0 Å². The number of aliphatic carboxylic acids is 2. The summed E-state index contributed by atoms with van der Waals surface area (Å²) < 4.78 is 0. The molecular formula is C23H27N5O11. The van der Waals surface area contributed by atoms with Crippen LogP contribution in [0.3, 0.4) is 0 Å². The number of hydrogen-bond acceptors (Lipinski definition) is 9. The molecule has 0 spiro atoms. The van der Waals surface area contributed by atoms with E-state index in [4.69, 9.17) is 10.2 Å². The number of nitrogens with one attached hydrogen (secondary N) is 3. The second-order valence-corrected chi connectivity index (χ2v) is 8.40. The van der Waals surface area contributed by atoms with Gasteiger partial charge >= 0.3 is 11.9 Å². The summed E-state index contributed by atoms with van der Waals surface area (Å²) in [4.78, 5) is 98.4. The van der Waals surface area contributed by atoms with Crippen molar-refractivity contribution >= 4 is 59.1 Å². The Morgan fingerprint density at radius 2 is 1.64 bits per heavy atom. The van der Waals surface area contributed by atoms with Crippen molar-refractivity contribution in [3.05, 3.63) is 24.3 Å². The lowest BCUT2D eigenvalue weighted by atomic mass is 10.1. The summed E-state index contributed by atoms with van der Waals surface area (Å²) in [6.07, 6.45) is -1.33. The number of carbonyl (C=O) groups is 8. The van der Waals surface area contributed by atoms with E-state index in [1.54, 1.807) is 0 Å². The summed E-state index contributed by atoms with van der Waals surface area (Å²) in [6, 6.07) is 1.21. The summed E-state index contributed by atoms with van der Waals surface area (Å²) in [5.74, 6) is -7.32. The molecule has 0 saturated carbocycles. The van der Waals surface area contributed by atoms with Gasteiger partial charge in [0, 0.05) is 6.92 Å². The van der Waals surface area contributed by atoms with E-state index < -0.39 is 92.1 Å². The van der Waals surface area contributed by atoms with Gasteiger partial charge in [0.15, 0.2) is 0 Å². The van der Waals surface area contributed by atoms with Gasteiger partial charge < -0.3 is 41.0 Å². The van der Waals surface area contributed by atoms with Gasteiger partial charge in [0.1, 0.15) is 31.5 Å². The van der Waals surface area contributed by atoms with Crippen LogP contribution in [-0.2, 0) is 38.4 Å². The Balaban J connectivity index is 2.47. The van der Waals surface area contributed by atoms with Crippen molar-refractivity contribution in [2.45, 2.75) is 37.9 Å². The van der Waals surface area contributed by atoms with Gasteiger partial charge in [0.05, 0.1) is 36.8 Å². The number of aliphatic hydroxyl groups is 1. The third-order valence-electron chi connectivity index (χ3n) is 5.43. The van der Waals surface area contributed by atoms with Crippen LogP contribution in [0.5, 0.6) is 0 Å². The fourth-order valence-corrected chi connectivity index (χ4v) is 3.80. The number of aldehydes is 1. The second-order valence-electron chi connectivity index (χ2n) is 8.40. The molecule has 16 nitrogen and oxygen atoms in total. The molecule has 210 valence electrons. The molecule has 6 N–H and O–H groups in total. The van der Waals surface area contributed by atoms with Crippen molar-refractivity contribution in [2.24, 2.45) is 0 Å². The number of carboxylic acid groups (broad SMARTS) is 2. The van der Waals surface area contributed by atoms with Gasteiger partial charge in [-0.15, -0.1) is 0 Å². The molecule has 0 bridgehead atoms. The zero-order valence-corrected chi connectivity index (χ0v) is 20.7. The van der Waals surface area contributed by atoms with Gasteiger partial charge in [-0.2, -0.15) is 0 Å². The molecule has 1 aromatic rings. The van der Waals surface area contributed by atoms with Crippen LogP contribution in [0.4, 0.5) is 11.4 Å². The monoisotopic (exact) mass is 549 g/mol. The Kier molecular flexibility index (Phi) is 10.6. The third kappa shape index (κ3) is 8.32. The molecule has 0 aromatic heterocycles. The van der Waals surface area contributed by atoms with Crippen molar-refractivity contribution in [3.8, 4) is 0 Å². The largest absolute Gasteiger partial charge is 0.481 e. The highest BCUT2D eigenvalue weighted by Gasteiger charge is 2.38. The van der Waals surface area contributed by atoms with Crippen LogP contribution in [0, 0.1) is 0 Å². The highest BCUT2D eigenvalue weighted by molar-refractivity contribution is 6.10. The number of nitrogens with zero attached hydrogens (tertiary/aromatic N) is 2. The van der Waals surface area contributed by atoms with E-state index in [1.807, 2.05) is 0 Å². The molecule has 0 saturated heterocycles. The first-order valence-corrected chi connectivity index (χ1v) is 11.4. The molecule has 0 aliphatic carbocycles. The van der Waals surface area contributed by atoms with Crippen molar-refractivity contribution in [1.82, 2.24) is 16.0 Å². The van der Waals surface area contributed by atoms with Crippen LogP contribution >= 0.6 is 0 Å². The van der Waals surface area contributed by atoms with Crippen LogP contribution in [-0.4, -0.2) is 101 Å². The van der Waals surface area contributed by atoms with E-state index in [2.05, 4.69) is 16.0 Å². The van der Waals surface area contributed by atoms with E-state index in [-0.39, 0.29) is 17.7 Å². The molecule has 3 atom stereocenters. The topological polar surface area (TPSA) is 240 Å². The molecule has 1 aromatic carbocycles. The fourth-order valence-electron chi connectivity index (χ4n) is 3.80. The molecule has 1 heterocycles. The number of rotatable bonds is 12. The Hall–Kier alpha value is -4.86. The number of carboxylic acids is 2. The molecule has 5 amide bonds. The summed E-state index contributed by atoms with van der Waals surface area (Å²) in [7, 11) is 0. The van der Waals surface area contributed by atoms with Crippen molar-refractivity contribution in [3.63, 3.8) is 0 Å². The Morgan fingerprint density at radius 3 is 2.18 bits per heavy atom. The maximum atomic E-state index is 13.6. The number of carbonyl (C=O) groups excluding carboxylic acids is 6. The standard InChI is InChI=1S/C23H27N5O11/c1-12(31)24-14(7-21(36)37)22(38)26-15-8-27(19(33)11-30)16-4-2-3-5-17(16)28(23(15)39)9-18(32)25-13(10-29)6-20(34)35/h2-5,10,13-15,30H,6-9,11H2,1H3,(H,24,31)(H,25,32)(H,26,38)(H,34,35)(H,36,37)/t13-,14?,15-/m0/s1. The summed E-state index contributed by atoms with van der Waals surface area (Å²) in [5.41, 5.74) is 0.0944. The molecule has 1 aliphatic heterocycles. The van der Waals surface area contributed by atoms with Crippen molar-refractivity contribution < 1.29 is 53.7 Å². The molecule has 1 unspecified atom stereocenters. The van der Waals surface area contributed by atoms with E-state index in [0.717, 1.165) is 16.7 Å². The molecule has 16 heteroatoms. The number of anilines is 2. The Bertz CT molecular complexity index is 1150. The van der Waals surface area contributed by atoms with Crippen LogP contribution in [0.2, 0.25) is 0 Å². The fraction of sp³-hybridized carbons (Fsp3) is 0.391. The quantitative estimate of drug-likeness (QED) is 0.143. The first-order valence-electron chi connectivity index (χ1n) is 11.4. The van der Waals surface area contributed by atoms with Gasteiger partial charge in [-0.3, -0.25) is 38.5 Å². The molecule has 2 rings (SSSR count). The molecule has 0 fully saturated rings. The number of para-hydroxylation sites is 2. The molecule has 39 heavy (non-hydrogen) atoms. The molecular weight excluding hydrogens is 522 g/mol. The third-order valence-corrected chi connectivity index (χ3v) is 5.43. The van der Waals surface area contributed by atoms with Gasteiger partial charge in [-0.05, 0) is 12.1 Å². The van der Waals surface area contributed by atoms with E-state index >= 15 is 0 Å². The van der Waals surface area contributed by atoms with Crippen LogP contribution in [0.1, 0.15) is 19.8 Å². The van der Waals surface area contributed by atoms with Gasteiger partial charge in [0.2, 0.25) is 17.7 Å². The molecule has 0 radical (unpaired) electrons. The second kappa shape index (κ2) is 13.6. The number of amides is 5. The summed E-state index contributed by atoms with van der Waals surface area (Å²) in [5, 5.41) is 34.1. The zero-order valence-electron chi connectivity index (χ0n) is 20.7. The van der Waals surface area contributed by atoms with Crippen molar-refractivity contribution in [2.75, 3.05) is 29.5 Å². The van der Waals surface area contributed by atoms with Crippen LogP contribution in [0.25, 0.3) is 0 Å². The maximum absolute atomic E-state index is 13.6. The first-order chi connectivity index (χ1) is 18.4. The smallest absolute Gasteiger partial charge is 0.305 e.